The SMILES string of the molecule is CCOC(=O)c1c(NC(=O)CCOc2cc(C)cc(C)c2)sc(C)c1C. The van der Waals surface area contributed by atoms with E-state index in [0.29, 0.717) is 17.2 Å². The lowest BCUT2D eigenvalue weighted by Crippen LogP contribution is -2.17. The van der Waals surface area contributed by atoms with Gasteiger partial charge in [-0.05, 0) is 63.4 Å². The van der Waals surface area contributed by atoms with E-state index in [1.807, 2.05) is 39.8 Å². The zero-order valence-electron chi connectivity index (χ0n) is 15.9. The predicted octanol–water partition coefficient (Wildman–Crippen LogP) is 4.57. The van der Waals surface area contributed by atoms with Crippen LogP contribution in [0.15, 0.2) is 18.2 Å². The van der Waals surface area contributed by atoms with E-state index in [4.69, 9.17) is 9.47 Å². The topological polar surface area (TPSA) is 64.6 Å². The number of ether oxygens (including phenoxy) is 2. The molecule has 140 valence electrons. The number of anilines is 1. The van der Waals surface area contributed by atoms with Crippen LogP contribution in [0, 0.1) is 27.7 Å². The minimum Gasteiger partial charge on any atom is -0.493 e. The normalized spacial score (nSPS) is 10.5. The Morgan fingerprint density at radius 2 is 1.73 bits per heavy atom. The number of aryl methyl sites for hydroxylation is 3. The highest BCUT2D eigenvalue weighted by atomic mass is 32.1. The molecule has 2 aromatic rings. The summed E-state index contributed by atoms with van der Waals surface area (Å²) < 4.78 is 10.8. The smallest absolute Gasteiger partial charge is 0.341 e. The molecule has 0 spiro atoms. The molecule has 5 nitrogen and oxygen atoms in total. The fourth-order valence-corrected chi connectivity index (χ4v) is 3.70. The number of rotatable bonds is 7. The van der Waals surface area contributed by atoms with E-state index in [2.05, 4.69) is 11.4 Å². The Balaban J connectivity index is 1.97. The molecule has 0 saturated carbocycles. The van der Waals surface area contributed by atoms with E-state index in [-0.39, 0.29) is 18.9 Å². The molecule has 1 N–H and O–H groups in total. The fourth-order valence-electron chi connectivity index (χ4n) is 2.63. The zero-order chi connectivity index (χ0) is 19.3. The van der Waals surface area contributed by atoms with Crippen LogP contribution in [0.2, 0.25) is 0 Å². The minimum atomic E-state index is -0.406. The van der Waals surface area contributed by atoms with Gasteiger partial charge in [0.1, 0.15) is 10.8 Å². The average Bonchev–Trinajstić information content (AvgIpc) is 2.80. The van der Waals surface area contributed by atoms with Gasteiger partial charge in [-0.3, -0.25) is 4.79 Å². The molecule has 6 heteroatoms. The van der Waals surface area contributed by atoms with Gasteiger partial charge in [-0.1, -0.05) is 6.07 Å². The third kappa shape index (κ3) is 5.08. The quantitative estimate of drug-likeness (QED) is 0.720. The van der Waals surface area contributed by atoms with Crippen LogP contribution in [0.25, 0.3) is 0 Å². The number of esters is 1. The van der Waals surface area contributed by atoms with Crippen LogP contribution in [-0.2, 0) is 9.53 Å². The van der Waals surface area contributed by atoms with Crippen molar-refractivity contribution in [3.63, 3.8) is 0 Å². The largest absolute Gasteiger partial charge is 0.493 e. The van der Waals surface area contributed by atoms with E-state index in [1.54, 1.807) is 6.92 Å². The van der Waals surface area contributed by atoms with Crippen LogP contribution in [0.4, 0.5) is 5.00 Å². The highest BCUT2D eigenvalue weighted by Gasteiger charge is 2.21. The van der Waals surface area contributed by atoms with E-state index < -0.39 is 5.97 Å². The molecule has 0 aliphatic rings. The number of benzene rings is 1. The molecule has 0 fully saturated rings. The third-order valence-electron chi connectivity index (χ3n) is 3.91. The number of amides is 1. The summed E-state index contributed by atoms with van der Waals surface area (Å²) in [4.78, 5) is 25.4. The van der Waals surface area contributed by atoms with Crippen LogP contribution in [0.5, 0.6) is 5.75 Å². The Bertz CT molecular complexity index is 790. The van der Waals surface area contributed by atoms with Gasteiger partial charge in [0.2, 0.25) is 5.91 Å². The summed E-state index contributed by atoms with van der Waals surface area (Å²) >= 11 is 1.38. The molecular weight excluding hydrogens is 350 g/mol. The Labute approximate surface area is 158 Å². The van der Waals surface area contributed by atoms with Crippen molar-refractivity contribution in [3.8, 4) is 5.75 Å². The number of carbonyl (C=O) groups excluding carboxylic acids is 2. The second kappa shape index (κ2) is 8.85. The maximum atomic E-state index is 12.3. The first kappa shape index (κ1) is 20.0. The van der Waals surface area contributed by atoms with Crippen LogP contribution in [-0.4, -0.2) is 25.1 Å². The lowest BCUT2D eigenvalue weighted by atomic mass is 10.1. The zero-order valence-corrected chi connectivity index (χ0v) is 16.7. The standard InChI is InChI=1S/C20H25NO4S/c1-6-24-20(23)18-14(4)15(5)26-19(18)21-17(22)7-8-25-16-10-12(2)9-13(3)11-16/h9-11H,6-8H2,1-5H3,(H,21,22). The summed E-state index contributed by atoms with van der Waals surface area (Å²) in [5.74, 6) is 0.155. The molecule has 1 heterocycles. The number of thiophene rings is 1. The second-order valence-corrected chi connectivity index (χ2v) is 7.40. The lowest BCUT2D eigenvalue weighted by molar-refractivity contribution is -0.116. The summed E-state index contributed by atoms with van der Waals surface area (Å²) in [6, 6.07) is 5.95. The number of nitrogens with one attached hydrogen (secondary N) is 1. The van der Waals surface area contributed by atoms with E-state index in [0.717, 1.165) is 27.3 Å². The maximum absolute atomic E-state index is 12.3. The Hall–Kier alpha value is -2.34. The lowest BCUT2D eigenvalue weighted by Gasteiger charge is -2.09. The van der Waals surface area contributed by atoms with Crippen molar-refractivity contribution < 1.29 is 19.1 Å². The first-order valence-corrected chi connectivity index (χ1v) is 9.41. The average molecular weight is 375 g/mol. The first-order chi connectivity index (χ1) is 12.3. The molecule has 26 heavy (non-hydrogen) atoms. The van der Waals surface area contributed by atoms with Gasteiger partial charge in [-0.25, -0.2) is 4.79 Å². The van der Waals surface area contributed by atoms with Gasteiger partial charge in [-0.15, -0.1) is 11.3 Å². The Morgan fingerprint density at radius 3 is 2.35 bits per heavy atom. The Morgan fingerprint density at radius 1 is 1.08 bits per heavy atom. The van der Waals surface area contributed by atoms with Crippen molar-refractivity contribution in [1.82, 2.24) is 0 Å². The summed E-state index contributed by atoms with van der Waals surface area (Å²) in [5, 5.41) is 3.36. The molecular formula is C20H25NO4S. The predicted molar refractivity (Wildman–Crippen MR) is 104 cm³/mol. The third-order valence-corrected chi connectivity index (χ3v) is 5.03. The fraction of sp³-hybridized carbons (Fsp3) is 0.400. The molecule has 1 aromatic carbocycles. The first-order valence-electron chi connectivity index (χ1n) is 8.59. The summed E-state index contributed by atoms with van der Waals surface area (Å²) in [6.45, 7) is 10.1. The van der Waals surface area contributed by atoms with Gasteiger partial charge < -0.3 is 14.8 Å². The van der Waals surface area contributed by atoms with Gasteiger partial charge >= 0.3 is 5.97 Å². The van der Waals surface area contributed by atoms with E-state index >= 15 is 0 Å². The van der Waals surface area contributed by atoms with Crippen molar-refractivity contribution in [2.75, 3.05) is 18.5 Å². The number of hydrogen-bond donors (Lipinski definition) is 1. The van der Waals surface area contributed by atoms with Crippen LogP contribution in [0.1, 0.15) is 45.3 Å². The van der Waals surface area contributed by atoms with Gasteiger partial charge in [0.05, 0.1) is 25.2 Å². The van der Waals surface area contributed by atoms with Gasteiger partial charge in [-0.2, -0.15) is 0 Å². The molecule has 1 amide bonds. The molecule has 0 unspecified atom stereocenters. The minimum absolute atomic E-state index is 0.193. The Kier molecular flexibility index (Phi) is 6.80. The van der Waals surface area contributed by atoms with Crippen molar-refractivity contribution >= 4 is 28.2 Å². The molecule has 0 radical (unpaired) electrons. The van der Waals surface area contributed by atoms with Crippen molar-refractivity contribution in [2.24, 2.45) is 0 Å². The van der Waals surface area contributed by atoms with Crippen molar-refractivity contribution in [3.05, 3.63) is 45.3 Å². The molecule has 0 aliphatic carbocycles. The summed E-state index contributed by atoms with van der Waals surface area (Å²) in [7, 11) is 0. The molecule has 0 saturated heterocycles. The van der Waals surface area contributed by atoms with Crippen molar-refractivity contribution in [2.45, 2.75) is 41.0 Å². The monoisotopic (exact) mass is 375 g/mol. The molecule has 1 aromatic heterocycles. The molecule has 0 bridgehead atoms. The molecule has 2 rings (SSSR count). The molecule has 0 aliphatic heterocycles. The van der Waals surface area contributed by atoms with E-state index in [1.165, 1.54) is 11.3 Å². The summed E-state index contributed by atoms with van der Waals surface area (Å²) in [5.41, 5.74) is 3.52. The van der Waals surface area contributed by atoms with Crippen LogP contribution in [0.3, 0.4) is 0 Å². The highest BCUT2D eigenvalue weighted by Crippen LogP contribution is 2.33. The van der Waals surface area contributed by atoms with Crippen LogP contribution < -0.4 is 10.1 Å². The van der Waals surface area contributed by atoms with Gasteiger partial charge in [0.15, 0.2) is 0 Å². The number of carbonyl (C=O) groups is 2. The second-order valence-electron chi connectivity index (χ2n) is 6.18. The van der Waals surface area contributed by atoms with Gasteiger partial charge in [0.25, 0.3) is 0 Å². The molecule has 0 atom stereocenters. The highest BCUT2D eigenvalue weighted by molar-refractivity contribution is 7.16. The van der Waals surface area contributed by atoms with Gasteiger partial charge in [0, 0.05) is 4.88 Å². The van der Waals surface area contributed by atoms with E-state index in [9.17, 15) is 9.59 Å². The summed E-state index contributed by atoms with van der Waals surface area (Å²) in [6.07, 6.45) is 0.200. The van der Waals surface area contributed by atoms with Crippen LogP contribution >= 0.6 is 11.3 Å². The maximum Gasteiger partial charge on any atom is 0.341 e. The number of hydrogen-bond acceptors (Lipinski definition) is 5. The van der Waals surface area contributed by atoms with Crippen molar-refractivity contribution in [1.29, 1.82) is 0 Å².